The standard InChI is InChI=1S/C15H9BrClN3O2/c16-8-5-6-12(10(7-8)14(21)22)18-13-9-3-1-2-4-11(9)19-15(17)20-13/h1-7H,(H,21,22)(H,18,19,20). The van der Waals surface area contributed by atoms with Gasteiger partial charge >= 0.3 is 5.97 Å². The van der Waals surface area contributed by atoms with Crippen LogP contribution >= 0.6 is 27.5 Å². The Bertz CT molecular complexity index is 886. The van der Waals surface area contributed by atoms with Gasteiger partial charge in [0, 0.05) is 9.86 Å². The highest BCUT2D eigenvalue weighted by Gasteiger charge is 2.13. The molecule has 3 rings (SSSR count). The van der Waals surface area contributed by atoms with Crippen molar-refractivity contribution in [3.05, 3.63) is 57.8 Å². The Morgan fingerprint density at radius 2 is 1.95 bits per heavy atom. The Morgan fingerprint density at radius 1 is 1.18 bits per heavy atom. The predicted molar refractivity (Wildman–Crippen MR) is 88.9 cm³/mol. The number of hydrogen-bond donors (Lipinski definition) is 2. The number of nitrogens with one attached hydrogen (secondary N) is 1. The summed E-state index contributed by atoms with van der Waals surface area (Å²) < 4.78 is 0.682. The van der Waals surface area contributed by atoms with Crippen molar-refractivity contribution in [3.8, 4) is 0 Å². The number of aromatic carboxylic acids is 1. The van der Waals surface area contributed by atoms with Crippen LogP contribution in [0.25, 0.3) is 10.9 Å². The van der Waals surface area contributed by atoms with E-state index in [4.69, 9.17) is 11.6 Å². The molecular weight excluding hydrogens is 370 g/mol. The topological polar surface area (TPSA) is 75.1 Å². The number of carboxylic acid groups (broad SMARTS) is 1. The van der Waals surface area contributed by atoms with Crippen LogP contribution in [0.3, 0.4) is 0 Å². The molecule has 0 bridgehead atoms. The molecule has 0 atom stereocenters. The Morgan fingerprint density at radius 3 is 2.73 bits per heavy atom. The van der Waals surface area contributed by atoms with E-state index in [1.165, 1.54) is 6.07 Å². The minimum absolute atomic E-state index is 0.0928. The fourth-order valence-electron chi connectivity index (χ4n) is 2.07. The van der Waals surface area contributed by atoms with E-state index >= 15 is 0 Å². The minimum Gasteiger partial charge on any atom is -0.478 e. The fraction of sp³-hybridized carbons (Fsp3) is 0. The summed E-state index contributed by atoms with van der Waals surface area (Å²) in [5, 5.41) is 13.2. The number of carboxylic acids is 1. The fourth-order valence-corrected chi connectivity index (χ4v) is 2.61. The van der Waals surface area contributed by atoms with Gasteiger partial charge in [0.15, 0.2) is 0 Å². The third kappa shape index (κ3) is 2.88. The second-order valence-corrected chi connectivity index (χ2v) is 5.73. The monoisotopic (exact) mass is 377 g/mol. The molecule has 3 aromatic rings. The van der Waals surface area contributed by atoms with Crippen molar-refractivity contribution in [2.45, 2.75) is 0 Å². The van der Waals surface area contributed by atoms with Gasteiger partial charge in [0.1, 0.15) is 5.82 Å². The average molecular weight is 379 g/mol. The maximum atomic E-state index is 11.4. The van der Waals surface area contributed by atoms with Gasteiger partial charge in [-0.05, 0) is 41.9 Å². The smallest absolute Gasteiger partial charge is 0.337 e. The van der Waals surface area contributed by atoms with E-state index in [-0.39, 0.29) is 10.8 Å². The first-order valence-electron chi connectivity index (χ1n) is 6.27. The normalized spacial score (nSPS) is 10.6. The van der Waals surface area contributed by atoms with E-state index in [2.05, 4.69) is 31.2 Å². The van der Waals surface area contributed by atoms with Gasteiger partial charge in [-0.3, -0.25) is 0 Å². The number of benzene rings is 2. The Kier molecular flexibility index (Phi) is 3.96. The quantitative estimate of drug-likeness (QED) is 0.657. The van der Waals surface area contributed by atoms with Crippen molar-refractivity contribution in [1.29, 1.82) is 0 Å². The van der Waals surface area contributed by atoms with Crippen LogP contribution in [-0.2, 0) is 0 Å². The molecule has 1 heterocycles. The number of halogens is 2. The van der Waals surface area contributed by atoms with Crippen LogP contribution in [0, 0.1) is 0 Å². The molecule has 1 aromatic heterocycles. The number of carbonyl (C=O) groups is 1. The summed E-state index contributed by atoms with van der Waals surface area (Å²) >= 11 is 9.20. The molecule has 2 aromatic carbocycles. The first-order chi connectivity index (χ1) is 10.5. The number of rotatable bonds is 3. The van der Waals surface area contributed by atoms with Crippen LogP contribution in [0.4, 0.5) is 11.5 Å². The van der Waals surface area contributed by atoms with Crippen molar-refractivity contribution in [2.24, 2.45) is 0 Å². The summed E-state index contributed by atoms with van der Waals surface area (Å²) in [5.41, 5.74) is 1.24. The first kappa shape index (κ1) is 14.7. The number of hydrogen-bond acceptors (Lipinski definition) is 4. The van der Waals surface area contributed by atoms with E-state index in [9.17, 15) is 9.90 Å². The lowest BCUT2D eigenvalue weighted by atomic mass is 10.1. The van der Waals surface area contributed by atoms with Crippen molar-refractivity contribution >= 4 is 55.9 Å². The van der Waals surface area contributed by atoms with Crippen molar-refractivity contribution in [1.82, 2.24) is 9.97 Å². The lowest BCUT2D eigenvalue weighted by Crippen LogP contribution is -2.04. The SMILES string of the molecule is O=C(O)c1cc(Br)ccc1Nc1nc(Cl)nc2ccccc12. The number of aromatic nitrogens is 2. The third-order valence-electron chi connectivity index (χ3n) is 3.04. The van der Waals surface area contributed by atoms with Gasteiger partial charge in [-0.15, -0.1) is 0 Å². The Balaban J connectivity index is 2.13. The van der Waals surface area contributed by atoms with Crippen molar-refractivity contribution in [2.75, 3.05) is 5.32 Å². The van der Waals surface area contributed by atoms with Crippen LogP contribution in [0.15, 0.2) is 46.9 Å². The number of anilines is 2. The molecule has 0 saturated heterocycles. The molecule has 0 aliphatic rings. The molecule has 0 aliphatic heterocycles. The van der Waals surface area contributed by atoms with Gasteiger partial charge in [0.05, 0.1) is 16.8 Å². The molecular formula is C15H9BrClN3O2. The van der Waals surface area contributed by atoms with E-state index < -0.39 is 5.97 Å². The number of fused-ring (bicyclic) bond motifs is 1. The summed E-state index contributed by atoms with van der Waals surface area (Å²) in [7, 11) is 0. The van der Waals surface area contributed by atoms with Gasteiger partial charge in [0.2, 0.25) is 5.28 Å². The van der Waals surface area contributed by atoms with E-state index in [0.29, 0.717) is 21.5 Å². The molecule has 7 heteroatoms. The molecule has 0 amide bonds. The van der Waals surface area contributed by atoms with E-state index in [1.807, 2.05) is 24.3 Å². The summed E-state index contributed by atoms with van der Waals surface area (Å²) in [6.45, 7) is 0. The zero-order chi connectivity index (χ0) is 15.7. The molecule has 22 heavy (non-hydrogen) atoms. The largest absolute Gasteiger partial charge is 0.478 e. The van der Waals surface area contributed by atoms with Crippen molar-refractivity contribution in [3.63, 3.8) is 0 Å². The highest BCUT2D eigenvalue weighted by molar-refractivity contribution is 9.10. The highest BCUT2D eigenvalue weighted by Crippen LogP contribution is 2.28. The Labute approximate surface area is 139 Å². The molecule has 0 radical (unpaired) electrons. The van der Waals surface area contributed by atoms with Gasteiger partial charge in [-0.1, -0.05) is 28.1 Å². The second kappa shape index (κ2) is 5.90. The van der Waals surface area contributed by atoms with Crippen LogP contribution in [0.5, 0.6) is 0 Å². The van der Waals surface area contributed by atoms with E-state index in [0.717, 1.165) is 5.39 Å². The predicted octanol–water partition coefficient (Wildman–Crippen LogP) is 4.49. The minimum atomic E-state index is -1.03. The second-order valence-electron chi connectivity index (χ2n) is 4.48. The zero-order valence-electron chi connectivity index (χ0n) is 11.0. The van der Waals surface area contributed by atoms with Crippen LogP contribution in [0.2, 0.25) is 5.28 Å². The molecule has 0 aliphatic carbocycles. The van der Waals surface area contributed by atoms with Crippen LogP contribution in [0.1, 0.15) is 10.4 Å². The molecule has 110 valence electrons. The summed E-state index contributed by atoms with van der Waals surface area (Å²) in [5.74, 6) is -0.575. The summed E-state index contributed by atoms with van der Waals surface area (Å²) in [4.78, 5) is 19.7. The molecule has 0 saturated carbocycles. The summed E-state index contributed by atoms with van der Waals surface area (Å²) in [6.07, 6.45) is 0. The van der Waals surface area contributed by atoms with Gasteiger partial charge < -0.3 is 10.4 Å². The van der Waals surface area contributed by atoms with Gasteiger partial charge in [-0.25, -0.2) is 9.78 Å². The van der Waals surface area contributed by atoms with Crippen molar-refractivity contribution < 1.29 is 9.90 Å². The number of nitrogens with zero attached hydrogens (tertiary/aromatic N) is 2. The molecule has 0 unspecified atom stereocenters. The molecule has 0 spiro atoms. The van der Waals surface area contributed by atoms with Crippen LogP contribution < -0.4 is 5.32 Å². The first-order valence-corrected chi connectivity index (χ1v) is 7.44. The maximum absolute atomic E-state index is 11.4. The third-order valence-corrected chi connectivity index (χ3v) is 3.70. The average Bonchev–Trinajstić information content (AvgIpc) is 2.48. The lowest BCUT2D eigenvalue weighted by molar-refractivity contribution is 0.0698. The van der Waals surface area contributed by atoms with Gasteiger partial charge in [-0.2, -0.15) is 4.98 Å². The summed E-state index contributed by atoms with van der Waals surface area (Å²) in [6, 6.07) is 12.3. The highest BCUT2D eigenvalue weighted by atomic mass is 79.9. The molecule has 5 nitrogen and oxygen atoms in total. The van der Waals surface area contributed by atoms with E-state index in [1.54, 1.807) is 12.1 Å². The van der Waals surface area contributed by atoms with Gasteiger partial charge in [0.25, 0.3) is 0 Å². The Hall–Kier alpha value is -2.18. The van der Waals surface area contributed by atoms with Crippen LogP contribution in [-0.4, -0.2) is 21.0 Å². The molecule has 0 fully saturated rings. The zero-order valence-corrected chi connectivity index (χ0v) is 13.4. The lowest BCUT2D eigenvalue weighted by Gasteiger charge is -2.11. The number of para-hydroxylation sites is 1. The molecule has 2 N–H and O–H groups in total. The maximum Gasteiger partial charge on any atom is 0.337 e.